The normalized spacial score (nSPS) is 34.6. The summed E-state index contributed by atoms with van der Waals surface area (Å²) in [5.41, 5.74) is -0.0422. The largest absolute Gasteiger partial charge is 0.462 e. The molecule has 1 saturated carbocycles. The molecule has 2 aliphatic rings. The molecule has 1 atom stereocenters. The molecule has 11 heavy (non-hydrogen) atoms. The number of carbonyl (C=O) groups is 1. The highest BCUT2D eigenvalue weighted by Crippen LogP contribution is 2.47. The van der Waals surface area contributed by atoms with Crippen LogP contribution in [0.3, 0.4) is 0 Å². The van der Waals surface area contributed by atoms with E-state index in [0.717, 1.165) is 19.3 Å². The summed E-state index contributed by atoms with van der Waals surface area (Å²) in [6.07, 6.45) is 5.68. The molecule has 1 aliphatic heterocycles. The predicted molar refractivity (Wildman–Crippen MR) is 41.1 cm³/mol. The van der Waals surface area contributed by atoms with E-state index in [1.807, 2.05) is 6.92 Å². The maximum Gasteiger partial charge on any atom is 0.312 e. The molecule has 2 heteroatoms. The van der Waals surface area contributed by atoms with Gasteiger partial charge in [-0.05, 0) is 19.8 Å². The van der Waals surface area contributed by atoms with E-state index in [0.29, 0.717) is 0 Å². The highest BCUT2D eigenvalue weighted by Gasteiger charge is 2.48. The van der Waals surface area contributed by atoms with Crippen molar-refractivity contribution in [3.05, 3.63) is 0 Å². The number of rotatable bonds is 0. The van der Waals surface area contributed by atoms with Crippen molar-refractivity contribution in [2.45, 2.75) is 45.1 Å². The van der Waals surface area contributed by atoms with E-state index >= 15 is 0 Å². The van der Waals surface area contributed by atoms with Crippen LogP contribution in [0.1, 0.15) is 39.0 Å². The van der Waals surface area contributed by atoms with E-state index in [9.17, 15) is 4.79 Å². The van der Waals surface area contributed by atoms with E-state index in [-0.39, 0.29) is 17.5 Å². The fourth-order valence-electron chi connectivity index (χ4n) is 2.44. The van der Waals surface area contributed by atoms with E-state index in [1.54, 1.807) is 0 Å². The number of hydrogen-bond donors (Lipinski definition) is 0. The third-order valence-electron chi connectivity index (χ3n) is 2.98. The summed E-state index contributed by atoms with van der Waals surface area (Å²) in [5, 5.41) is 0. The fourth-order valence-corrected chi connectivity index (χ4v) is 2.44. The number of carbonyl (C=O) groups excluding carboxylic acids is 1. The van der Waals surface area contributed by atoms with Crippen molar-refractivity contribution in [2.24, 2.45) is 5.41 Å². The molecular weight excluding hydrogens is 140 g/mol. The lowest BCUT2D eigenvalue weighted by atomic mass is 9.83. The minimum absolute atomic E-state index is 0.0422. The van der Waals surface area contributed by atoms with Crippen molar-refractivity contribution in [3.63, 3.8) is 0 Å². The minimum Gasteiger partial charge on any atom is -0.462 e. The first-order chi connectivity index (χ1) is 5.23. The van der Waals surface area contributed by atoms with E-state index in [2.05, 4.69) is 0 Å². The van der Waals surface area contributed by atoms with Crippen molar-refractivity contribution in [3.8, 4) is 0 Å². The van der Waals surface area contributed by atoms with Crippen molar-refractivity contribution >= 4 is 5.97 Å². The summed E-state index contributed by atoms with van der Waals surface area (Å²) in [7, 11) is 0. The molecule has 1 saturated heterocycles. The molecular formula is C9H14O2. The first-order valence-corrected chi connectivity index (χ1v) is 4.44. The molecule has 0 bridgehead atoms. The van der Waals surface area contributed by atoms with Gasteiger partial charge in [0.05, 0.1) is 5.41 Å². The van der Waals surface area contributed by atoms with Gasteiger partial charge in [0.2, 0.25) is 0 Å². The third kappa shape index (κ3) is 0.959. The summed E-state index contributed by atoms with van der Waals surface area (Å²) in [6.45, 7) is 1.99. The average molecular weight is 154 g/mol. The Kier molecular flexibility index (Phi) is 1.44. The second kappa shape index (κ2) is 2.23. The second-order valence-electron chi connectivity index (χ2n) is 3.91. The molecule has 1 aliphatic carbocycles. The zero-order chi connectivity index (χ0) is 7.90. The Balaban J connectivity index is 2.18. The van der Waals surface area contributed by atoms with Crippen LogP contribution in [0, 0.1) is 5.41 Å². The first-order valence-electron chi connectivity index (χ1n) is 4.44. The fraction of sp³-hybridized carbons (Fsp3) is 0.889. The van der Waals surface area contributed by atoms with Crippen molar-refractivity contribution in [2.75, 3.05) is 0 Å². The molecule has 2 fully saturated rings. The Morgan fingerprint density at radius 1 is 1.45 bits per heavy atom. The molecule has 2 rings (SSSR count). The van der Waals surface area contributed by atoms with Crippen molar-refractivity contribution < 1.29 is 9.53 Å². The van der Waals surface area contributed by atoms with Crippen LogP contribution in [-0.2, 0) is 9.53 Å². The molecule has 0 N–H and O–H groups in total. The lowest BCUT2D eigenvalue weighted by molar-refractivity contribution is -0.148. The third-order valence-corrected chi connectivity index (χ3v) is 2.98. The molecule has 0 amide bonds. The van der Waals surface area contributed by atoms with E-state index < -0.39 is 0 Å². The summed E-state index contributed by atoms with van der Waals surface area (Å²) < 4.78 is 5.16. The maximum absolute atomic E-state index is 11.4. The zero-order valence-corrected chi connectivity index (χ0v) is 6.93. The summed E-state index contributed by atoms with van der Waals surface area (Å²) >= 11 is 0. The van der Waals surface area contributed by atoms with Crippen LogP contribution in [-0.4, -0.2) is 12.1 Å². The van der Waals surface area contributed by atoms with Gasteiger partial charge in [-0.15, -0.1) is 0 Å². The first kappa shape index (κ1) is 7.14. The van der Waals surface area contributed by atoms with Crippen LogP contribution >= 0.6 is 0 Å². The quantitative estimate of drug-likeness (QED) is 0.498. The van der Waals surface area contributed by atoms with E-state index in [4.69, 9.17) is 4.74 Å². The van der Waals surface area contributed by atoms with Crippen molar-refractivity contribution in [1.82, 2.24) is 0 Å². The van der Waals surface area contributed by atoms with Gasteiger partial charge in [0.1, 0.15) is 6.10 Å². The number of cyclic esters (lactones) is 1. The van der Waals surface area contributed by atoms with Crippen LogP contribution in [0.2, 0.25) is 0 Å². The Hall–Kier alpha value is -0.530. The van der Waals surface area contributed by atoms with Crippen LogP contribution < -0.4 is 0 Å². The molecule has 1 heterocycles. The zero-order valence-electron chi connectivity index (χ0n) is 6.93. The van der Waals surface area contributed by atoms with Gasteiger partial charge in [-0.3, -0.25) is 4.79 Å². The molecule has 62 valence electrons. The number of esters is 1. The molecule has 0 radical (unpaired) electrons. The predicted octanol–water partition coefficient (Wildman–Crippen LogP) is 1.88. The molecule has 0 aromatic heterocycles. The molecule has 2 nitrogen and oxygen atoms in total. The van der Waals surface area contributed by atoms with Gasteiger partial charge in [-0.25, -0.2) is 0 Å². The highest BCUT2D eigenvalue weighted by atomic mass is 16.6. The van der Waals surface area contributed by atoms with Gasteiger partial charge < -0.3 is 4.74 Å². The number of hydrogen-bond acceptors (Lipinski definition) is 2. The van der Waals surface area contributed by atoms with Crippen LogP contribution in [0.25, 0.3) is 0 Å². The van der Waals surface area contributed by atoms with Gasteiger partial charge in [0.15, 0.2) is 0 Å². The van der Waals surface area contributed by atoms with E-state index in [1.165, 1.54) is 12.8 Å². The minimum atomic E-state index is -0.0422. The van der Waals surface area contributed by atoms with Crippen LogP contribution in [0.4, 0.5) is 0 Å². The van der Waals surface area contributed by atoms with Crippen LogP contribution in [0.5, 0.6) is 0 Å². The topological polar surface area (TPSA) is 26.3 Å². The second-order valence-corrected chi connectivity index (χ2v) is 3.91. The molecule has 1 spiro atoms. The van der Waals surface area contributed by atoms with Gasteiger partial charge in [-0.1, -0.05) is 12.8 Å². The van der Waals surface area contributed by atoms with Gasteiger partial charge in [0.25, 0.3) is 0 Å². The lowest BCUT2D eigenvalue weighted by Crippen LogP contribution is -2.21. The summed E-state index contributed by atoms with van der Waals surface area (Å²) in [4.78, 5) is 11.4. The van der Waals surface area contributed by atoms with Gasteiger partial charge >= 0.3 is 5.97 Å². The Morgan fingerprint density at radius 2 is 2.09 bits per heavy atom. The Morgan fingerprint density at radius 3 is 2.55 bits per heavy atom. The Bertz CT molecular complexity index is 180. The highest BCUT2D eigenvalue weighted by molar-refractivity contribution is 5.79. The van der Waals surface area contributed by atoms with Crippen LogP contribution in [0.15, 0.2) is 0 Å². The molecule has 0 aromatic carbocycles. The monoisotopic (exact) mass is 154 g/mol. The lowest BCUT2D eigenvalue weighted by Gasteiger charge is -2.15. The summed E-state index contributed by atoms with van der Waals surface area (Å²) in [5.74, 6) is 0.0718. The smallest absolute Gasteiger partial charge is 0.312 e. The maximum atomic E-state index is 11.4. The standard InChI is InChI=1S/C9H14O2/c1-7-6-9(8(10)11-7)4-2-3-5-9/h7H,2-6H2,1H3. The molecule has 1 unspecified atom stereocenters. The van der Waals surface area contributed by atoms with Gasteiger partial charge in [0, 0.05) is 6.42 Å². The van der Waals surface area contributed by atoms with Gasteiger partial charge in [-0.2, -0.15) is 0 Å². The SMILES string of the molecule is CC1CC2(CCCC2)C(=O)O1. The average Bonchev–Trinajstić information content (AvgIpc) is 2.45. The Labute approximate surface area is 66.9 Å². The number of ether oxygens (including phenoxy) is 1. The van der Waals surface area contributed by atoms with Crippen molar-refractivity contribution in [1.29, 1.82) is 0 Å². The summed E-state index contributed by atoms with van der Waals surface area (Å²) in [6, 6.07) is 0. The molecule has 0 aromatic rings.